The molecule has 0 radical (unpaired) electrons. The fraction of sp³-hybridized carbons (Fsp3) is 0.0123. The predicted octanol–water partition coefficient (Wildman–Crippen LogP) is 20.4. The van der Waals surface area contributed by atoms with Gasteiger partial charge in [-0.15, -0.1) is 0 Å². The van der Waals surface area contributed by atoms with Crippen LogP contribution in [-0.2, 0) is 5.41 Å². The maximum atomic E-state index is 2.51. The first-order chi connectivity index (χ1) is 40.2. The second kappa shape index (κ2) is 21.4. The number of fused-ring (bicyclic) bond motifs is 10. The van der Waals surface area contributed by atoms with Gasteiger partial charge < -0.3 is 0 Å². The van der Waals surface area contributed by atoms with E-state index in [1.165, 1.54) is 111 Å². The molecule has 0 nitrogen and oxygen atoms in total. The van der Waals surface area contributed by atoms with E-state index in [1.807, 2.05) is 0 Å². The highest BCUT2D eigenvalue weighted by Gasteiger charge is 2.52. The van der Waals surface area contributed by atoms with Crippen LogP contribution in [0.15, 0.2) is 315 Å². The highest BCUT2D eigenvalue weighted by Crippen LogP contribution is 2.64. The lowest BCUT2D eigenvalue weighted by Crippen LogP contribution is -2.26. The van der Waals surface area contributed by atoms with Gasteiger partial charge in [-0.05, 0) is 182 Å². The molecular formula is C81H56. The van der Waals surface area contributed by atoms with Gasteiger partial charge in [0.05, 0.1) is 5.41 Å². The SMILES string of the molecule is C(=C(c1ccccc1)c1ccccc1)c1ccc2c(c1)C1(c3cc(C=C(c4ccccc4)c4ccccc4)ccc3-2)c2cc(C=C(c3ccccc3)c3ccccc3)ccc2-c2ccc(C=C(c3ccccc3)c3ccccc3)cc21. The standard InChI is InChI=1S/C81H56/c1-9-25-61(26-10-1)73(62-27-11-2-12-28-62)49-57-41-45-69-70-46-42-58(50-74(63-29-13-3-14-30-63)64-31-15-4-16-32-64)54-78(70)81(77(69)53-57)79-55-59(51-75(65-33-17-5-18-34-65)66-35-19-6-20-36-66)43-47-71(79)72-48-44-60(56-80(72)81)52-76(67-37-21-7-22-38-67)68-39-23-8-24-40-68/h1-56H. The van der Waals surface area contributed by atoms with Crippen molar-refractivity contribution in [3.05, 3.63) is 404 Å². The maximum Gasteiger partial charge on any atom is 0.0726 e. The van der Waals surface area contributed by atoms with Crippen LogP contribution in [0.3, 0.4) is 0 Å². The third-order valence-electron chi connectivity index (χ3n) is 16.3. The quantitative estimate of drug-likeness (QED) is 0.107. The smallest absolute Gasteiger partial charge is 0.0622 e. The molecule has 0 unspecified atom stereocenters. The summed E-state index contributed by atoms with van der Waals surface area (Å²) in [5, 5.41) is 0. The molecule has 0 aromatic heterocycles. The summed E-state index contributed by atoms with van der Waals surface area (Å²) in [5.74, 6) is 0. The Bertz CT molecular complexity index is 3620. The zero-order chi connectivity index (χ0) is 54.0. The van der Waals surface area contributed by atoms with Crippen LogP contribution < -0.4 is 0 Å². The van der Waals surface area contributed by atoms with Crippen molar-refractivity contribution in [3.8, 4) is 22.3 Å². The van der Waals surface area contributed by atoms with Crippen LogP contribution in [0.5, 0.6) is 0 Å². The second-order valence-electron chi connectivity index (χ2n) is 21.1. The molecule has 14 rings (SSSR count). The highest BCUT2D eigenvalue weighted by atomic mass is 14.5. The van der Waals surface area contributed by atoms with E-state index >= 15 is 0 Å². The molecule has 81 heavy (non-hydrogen) atoms. The van der Waals surface area contributed by atoms with Gasteiger partial charge in [0.1, 0.15) is 0 Å². The van der Waals surface area contributed by atoms with E-state index in [2.05, 4.69) is 340 Å². The third-order valence-corrected chi connectivity index (χ3v) is 16.3. The molecule has 0 aliphatic heterocycles. The molecule has 2 aliphatic carbocycles. The maximum absolute atomic E-state index is 2.51. The molecule has 380 valence electrons. The molecule has 0 heteroatoms. The lowest BCUT2D eigenvalue weighted by Gasteiger charge is -2.31. The van der Waals surface area contributed by atoms with Crippen LogP contribution >= 0.6 is 0 Å². The summed E-state index contributed by atoms with van der Waals surface area (Å²) in [6.07, 6.45) is 9.59. The van der Waals surface area contributed by atoms with Crippen LogP contribution in [0.4, 0.5) is 0 Å². The Morgan fingerprint density at radius 1 is 0.185 bits per heavy atom. The summed E-state index contributed by atoms with van der Waals surface area (Å²) in [6, 6.07) is 116. The van der Waals surface area contributed by atoms with Crippen molar-refractivity contribution in [2.75, 3.05) is 0 Å². The van der Waals surface area contributed by atoms with Crippen LogP contribution in [-0.4, -0.2) is 0 Å². The minimum Gasteiger partial charge on any atom is -0.0622 e. The van der Waals surface area contributed by atoms with Gasteiger partial charge in [-0.25, -0.2) is 0 Å². The summed E-state index contributed by atoms with van der Waals surface area (Å²) >= 11 is 0. The average molecular weight is 1030 g/mol. The van der Waals surface area contributed by atoms with Crippen molar-refractivity contribution in [3.63, 3.8) is 0 Å². The molecule has 0 N–H and O–H groups in total. The van der Waals surface area contributed by atoms with Crippen LogP contribution in [0.25, 0.3) is 68.9 Å². The molecule has 0 saturated carbocycles. The first kappa shape index (κ1) is 48.9. The first-order valence-corrected chi connectivity index (χ1v) is 28.0. The van der Waals surface area contributed by atoms with E-state index in [-0.39, 0.29) is 0 Å². The van der Waals surface area contributed by atoms with Crippen molar-refractivity contribution in [1.29, 1.82) is 0 Å². The van der Waals surface area contributed by atoms with Crippen LogP contribution in [0.1, 0.15) is 89.0 Å². The fourth-order valence-corrected chi connectivity index (χ4v) is 12.6. The molecule has 1 spiro atoms. The minimum absolute atomic E-state index is 0.727. The van der Waals surface area contributed by atoms with E-state index in [4.69, 9.17) is 0 Å². The molecule has 0 bridgehead atoms. The van der Waals surface area contributed by atoms with E-state index in [1.54, 1.807) is 0 Å². The molecule has 0 saturated heterocycles. The summed E-state index contributed by atoms with van der Waals surface area (Å²) in [6.45, 7) is 0. The molecule has 0 heterocycles. The Kier molecular flexibility index (Phi) is 13.0. The number of benzene rings is 12. The van der Waals surface area contributed by atoms with Crippen molar-refractivity contribution in [2.45, 2.75) is 5.41 Å². The highest BCUT2D eigenvalue weighted by molar-refractivity contribution is 6.01. The fourth-order valence-electron chi connectivity index (χ4n) is 12.6. The number of hydrogen-bond acceptors (Lipinski definition) is 0. The summed E-state index contributed by atoms with van der Waals surface area (Å²) in [5.41, 5.74) is 28.1. The van der Waals surface area contributed by atoms with Crippen LogP contribution in [0.2, 0.25) is 0 Å². The lowest BCUT2D eigenvalue weighted by atomic mass is 9.69. The van der Waals surface area contributed by atoms with Crippen molar-refractivity contribution < 1.29 is 0 Å². The Morgan fingerprint density at radius 2 is 0.346 bits per heavy atom. The summed E-state index contributed by atoms with van der Waals surface area (Å²) < 4.78 is 0. The lowest BCUT2D eigenvalue weighted by molar-refractivity contribution is 0.792. The van der Waals surface area contributed by atoms with E-state index in [9.17, 15) is 0 Å². The Morgan fingerprint density at radius 3 is 0.506 bits per heavy atom. The molecular weight excluding hydrogens is 973 g/mol. The monoisotopic (exact) mass is 1030 g/mol. The number of rotatable bonds is 12. The van der Waals surface area contributed by atoms with Crippen LogP contribution in [0, 0.1) is 0 Å². The van der Waals surface area contributed by atoms with Gasteiger partial charge in [0, 0.05) is 0 Å². The van der Waals surface area contributed by atoms with E-state index in [0.717, 1.165) is 22.3 Å². The molecule has 0 fully saturated rings. The third kappa shape index (κ3) is 9.23. The number of hydrogen-bond donors (Lipinski definition) is 0. The summed E-state index contributed by atoms with van der Waals surface area (Å²) in [4.78, 5) is 0. The first-order valence-electron chi connectivity index (χ1n) is 28.0. The van der Waals surface area contributed by atoms with Gasteiger partial charge in [-0.2, -0.15) is 0 Å². The predicted molar refractivity (Wildman–Crippen MR) is 342 cm³/mol. The normalized spacial score (nSPS) is 12.0. The second-order valence-corrected chi connectivity index (χ2v) is 21.1. The van der Waals surface area contributed by atoms with Crippen molar-refractivity contribution >= 4 is 46.6 Å². The Labute approximate surface area is 476 Å². The largest absolute Gasteiger partial charge is 0.0726 e. The van der Waals surface area contributed by atoms with E-state index < -0.39 is 5.41 Å². The Hall–Kier alpha value is -10.4. The van der Waals surface area contributed by atoms with E-state index in [0.29, 0.717) is 0 Å². The summed E-state index contributed by atoms with van der Waals surface area (Å²) in [7, 11) is 0. The van der Waals surface area contributed by atoms with Gasteiger partial charge in [0.2, 0.25) is 0 Å². The molecule has 0 atom stereocenters. The van der Waals surface area contributed by atoms with Gasteiger partial charge in [-0.3, -0.25) is 0 Å². The average Bonchev–Trinajstić information content (AvgIpc) is 3.69. The van der Waals surface area contributed by atoms with Crippen molar-refractivity contribution in [1.82, 2.24) is 0 Å². The molecule has 12 aromatic rings. The molecule has 0 amide bonds. The van der Waals surface area contributed by atoms with Gasteiger partial charge in [0.15, 0.2) is 0 Å². The van der Waals surface area contributed by atoms with Gasteiger partial charge in [-0.1, -0.05) is 291 Å². The van der Waals surface area contributed by atoms with Crippen molar-refractivity contribution in [2.24, 2.45) is 0 Å². The van der Waals surface area contributed by atoms with Gasteiger partial charge >= 0.3 is 0 Å². The zero-order valence-corrected chi connectivity index (χ0v) is 44.8. The van der Waals surface area contributed by atoms with Gasteiger partial charge in [0.25, 0.3) is 0 Å². The topological polar surface area (TPSA) is 0 Å². The Balaban J connectivity index is 1.07. The zero-order valence-electron chi connectivity index (χ0n) is 44.8. The molecule has 12 aromatic carbocycles. The minimum atomic E-state index is -0.727. The molecule has 2 aliphatic rings.